The van der Waals surface area contributed by atoms with Gasteiger partial charge in [-0.1, -0.05) is 20.8 Å². The summed E-state index contributed by atoms with van der Waals surface area (Å²) in [5, 5.41) is 4.54. The van der Waals surface area contributed by atoms with Gasteiger partial charge in [-0.05, 0) is 36.1 Å². The number of aryl methyl sites for hydroxylation is 1. The Morgan fingerprint density at radius 1 is 1.33 bits per heavy atom. The number of hydrogen-bond acceptors (Lipinski definition) is 3. The molecule has 0 aliphatic rings. The van der Waals surface area contributed by atoms with Gasteiger partial charge in [-0.15, -0.1) is 0 Å². The van der Waals surface area contributed by atoms with Gasteiger partial charge in [0, 0.05) is 18.4 Å². The van der Waals surface area contributed by atoms with Gasteiger partial charge in [0.15, 0.2) is 5.82 Å². The van der Waals surface area contributed by atoms with Gasteiger partial charge in [0.05, 0.1) is 5.69 Å². The minimum atomic E-state index is 0.426. The van der Waals surface area contributed by atoms with Gasteiger partial charge < -0.3 is 5.73 Å². The average Bonchev–Trinajstić information content (AvgIpc) is 2.87. The van der Waals surface area contributed by atoms with E-state index in [1.165, 1.54) is 0 Å². The smallest absolute Gasteiger partial charge is 0.153 e. The molecule has 0 atom stereocenters. The van der Waals surface area contributed by atoms with E-state index in [4.69, 9.17) is 5.73 Å². The molecule has 96 valence electrons. The van der Waals surface area contributed by atoms with E-state index in [1.54, 1.807) is 0 Å². The summed E-state index contributed by atoms with van der Waals surface area (Å²) < 4.78 is 1.83. The first-order chi connectivity index (χ1) is 8.63. The van der Waals surface area contributed by atoms with Gasteiger partial charge in [0.25, 0.3) is 0 Å². The number of nitrogens with two attached hydrogens (primary N) is 1. The fourth-order valence-corrected chi connectivity index (χ4v) is 1.82. The van der Waals surface area contributed by atoms with Crippen LogP contribution in [0.5, 0.6) is 0 Å². The van der Waals surface area contributed by atoms with E-state index in [0.29, 0.717) is 12.5 Å². The Morgan fingerprint density at radius 3 is 2.67 bits per heavy atom. The van der Waals surface area contributed by atoms with Gasteiger partial charge in [-0.2, -0.15) is 5.10 Å². The van der Waals surface area contributed by atoms with Gasteiger partial charge in [-0.3, -0.25) is 0 Å². The molecule has 0 saturated carbocycles. The van der Waals surface area contributed by atoms with Gasteiger partial charge in [-0.25, -0.2) is 9.67 Å². The first kappa shape index (κ1) is 12.8. The molecule has 0 aromatic carbocycles. The second kappa shape index (κ2) is 5.31. The lowest BCUT2D eigenvalue weighted by Gasteiger charge is -2.07. The fourth-order valence-electron chi connectivity index (χ4n) is 1.82. The maximum absolute atomic E-state index is 5.72. The highest BCUT2D eigenvalue weighted by molar-refractivity contribution is 5.31. The van der Waals surface area contributed by atoms with Crippen molar-refractivity contribution in [2.75, 3.05) is 0 Å². The quantitative estimate of drug-likeness (QED) is 0.898. The second-order valence-electron chi connectivity index (χ2n) is 4.72. The monoisotopic (exact) mass is 244 g/mol. The van der Waals surface area contributed by atoms with Crippen molar-refractivity contribution in [3.63, 3.8) is 0 Å². The van der Waals surface area contributed by atoms with Crippen molar-refractivity contribution in [3.05, 3.63) is 41.3 Å². The van der Waals surface area contributed by atoms with Crippen molar-refractivity contribution in [2.45, 2.75) is 39.7 Å². The van der Waals surface area contributed by atoms with E-state index in [2.05, 4.69) is 36.9 Å². The Balaban J connectivity index is 2.42. The third-order valence-corrected chi connectivity index (χ3v) is 2.96. The van der Waals surface area contributed by atoms with Crippen LogP contribution in [-0.2, 0) is 13.0 Å². The maximum atomic E-state index is 5.72. The van der Waals surface area contributed by atoms with E-state index in [0.717, 1.165) is 29.2 Å². The van der Waals surface area contributed by atoms with Gasteiger partial charge in [0.2, 0.25) is 0 Å². The molecule has 2 aromatic heterocycles. The predicted molar refractivity (Wildman–Crippen MR) is 72.7 cm³/mol. The summed E-state index contributed by atoms with van der Waals surface area (Å²) in [7, 11) is 0. The molecule has 0 spiro atoms. The lowest BCUT2D eigenvalue weighted by molar-refractivity contribution is 0.752. The highest BCUT2D eigenvalue weighted by atomic mass is 15.3. The standard InChI is InChI=1S/C14H20N4/c1-4-12-7-11(9-15)8-14(16-12)18-6-5-13(17-18)10(2)3/h5-8,10H,4,9,15H2,1-3H3. The Labute approximate surface area is 108 Å². The zero-order chi connectivity index (χ0) is 13.1. The number of hydrogen-bond donors (Lipinski definition) is 1. The van der Waals surface area contributed by atoms with E-state index < -0.39 is 0 Å². The van der Waals surface area contributed by atoms with Crippen LogP contribution in [0.4, 0.5) is 0 Å². The fraction of sp³-hybridized carbons (Fsp3) is 0.429. The molecule has 4 nitrogen and oxygen atoms in total. The summed E-state index contributed by atoms with van der Waals surface area (Å²) in [6.07, 6.45) is 2.86. The van der Waals surface area contributed by atoms with E-state index in [1.807, 2.05) is 23.0 Å². The van der Waals surface area contributed by atoms with Gasteiger partial charge in [0.1, 0.15) is 0 Å². The Hall–Kier alpha value is -1.68. The minimum Gasteiger partial charge on any atom is -0.326 e. The molecule has 0 unspecified atom stereocenters. The highest BCUT2D eigenvalue weighted by Crippen LogP contribution is 2.15. The molecule has 0 aliphatic heterocycles. The molecule has 0 bridgehead atoms. The summed E-state index contributed by atoms with van der Waals surface area (Å²) in [4.78, 5) is 4.59. The number of rotatable bonds is 4. The van der Waals surface area contributed by atoms with Gasteiger partial charge >= 0.3 is 0 Å². The molecule has 0 amide bonds. The van der Waals surface area contributed by atoms with Crippen LogP contribution in [-0.4, -0.2) is 14.8 Å². The second-order valence-corrected chi connectivity index (χ2v) is 4.72. The summed E-state index contributed by atoms with van der Waals surface area (Å²) in [6, 6.07) is 6.08. The van der Waals surface area contributed by atoms with Crippen LogP contribution in [0.15, 0.2) is 24.4 Å². The molecule has 2 heterocycles. The number of aromatic nitrogens is 3. The van der Waals surface area contributed by atoms with Crippen LogP contribution in [0.1, 0.15) is 43.6 Å². The summed E-state index contributed by atoms with van der Waals surface area (Å²) in [5.41, 5.74) is 8.94. The normalized spacial score (nSPS) is 11.2. The van der Waals surface area contributed by atoms with E-state index in [-0.39, 0.29) is 0 Å². The third kappa shape index (κ3) is 2.59. The molecule has 0 fully saturated rings. The zero-order valence-corrected chi connectivity index (χ0v) is 11.2. The van der Waals surface area contributed by atoms with Crippen LogP contribution in [0.2, 0.25) is 0 Å². The first-order valence-electron chi connectivity index (χ1n) is 6.40. The van der Waals surface area contributed by atoms with Crippen molar-refractivity contribution in [1.29, 1.82) is 0 Å². The molecule has 4 heteroatoms. The molecular weight excluding hydrogens is 224 g/mol. The van der Waals surface area contributed by atoms with Crippen molar-refractivity contribution < 1.29 is 0 Å². The van der Waals surface area contributed by atoms with Crippen LogP contribution in [0.25, 0.3) is 5.82 Å². The Morgan fingerprint density at radius 2 is 2.11 bits per heavy atom. The van der Waals surface area contributed by atoms with E-state index in [9.17, 15) is 0 Å². The number of nitrogens with zero attached hydrogens (tertiary/aromatic N) is 3. The Bertz CT molecular complexity index is 506. The predicted octanol–water partition coefficient (Wildman–Crippen LogP) is 2.41. The summed E-state index contributed by atoms with van der Waals surface area (Å²) >= 11 is 0. The third-order valence-electron chi connectivity index (χ3n) is 2.96. The first-order valence-corrected chi connectivity index (χ1v) is 6.40. The molecular formula is C14H20N4. The van der Waals surface area contributed by atoms with Crippen LogP contribution in [0.3, 0.4) is 0 Å². The largest absolute Gasteiger partial charge is 0.326 e. The molecule has 0 saturated heterocycles. The van der Waals surface area contributed by atoms with Crippen molar-refractivity contribution >= 4 is 0 Å². The molecule has 2 rings (SSSR count). The van der Waals surface area contributed by atoms with Crippen LogP contribution < -0.4 is 5.73 Å². The Kier molecular flexibility index (Phi) is 3.77. The van der Waals surface area contributed by atoms with Crippen LogP contribution >= 0.6 is 0 Å². The molecule has 0 radical (unpaired) electrons. The maximum Gasteiger partial charge on any atom is 0.153 e. The molecule has 2 aromatic rings. The van der Waals surface area contributed by atoms with Crippen molar-refractivity contribution in [2.24, 2.45) is 5.73 Å². The van der Waals surface area contributed by atoms with Crippen LogP contribution in [0, 0.1) is 0 Å². The van der Waals surface area contributed by atoms with Crippen molar-refractivity contribution in [1.82, 2.24) is 14.8 Å². The lowest BCUT2D eigenvalue weighted by atomic mass is 10.1. The molecule has 18 heavy (non-hydrogen) atoms. The van der Waals surface area contributed by atoms with E-state index >= 15 is 0 Å². The van der Waals surface area contributed by atoms with Crippen molar-refractivity contribution in [3.8, 4) is 5.82 Å². The summed E-state index contributed by atoms with van der Waals surface area (Å²) in [6.45, 7) is 6.89. The topological polar surface area (TPSA) is 56.7 Å². The average molecular weight is 244 g/mol. The molecule has 0 aliphatic carbocycles. The highest BCUT2D eigenvalue weighted by Gasteiger charge is 2.07. The SMILES string of the molecule is CCc1cc(CN)cc(-n2ccc(C(C)C)n2)n1. The zero-order valence-electron chi connectivity index (χ0n) is 11.2. The lowest BCUT2D eigenvalue weighted by Crippen LogP contribution is -2.06. The number of pyridine rings is 1. The summed E-state index contributed by atoms with van der Waals surface area (Å²) in [5.74, 6) is 1.27. The molecule has 2 N–H and O–H groups in total. The minimum absolute atomic E-state index is 0.426.